The second-order valence-corrected chi connectivity index (χ2v) is 5.71. The molecule has 0 aliphatic rings. The summed E-state index contributed by atoms with van der Waals surface area (Å²) in [4.78, 5) is 9.78. The van der Waals surface area contributed by atoms with Crippen LogP contribution in [-0.4, -0.2) is 55.6 Å². The SMILES string of the molecule is CCN(CC)CCNC(=NC)NCCc1c[nH]c2ccc(F)cc12.I. The van der Waals surface area contributed by atoms with Crippen LogP contribution in [0.2, 0.25) is 0 Å². The lowest BCUT2D eigenvalue weighted by atomic mass is 10.1. The molecular weight excluding hydrogens is 432 g/mol. The predicted molar refractivity (Wildman–Crippen MR) is 115 cm³/mol. The van der Waals surface area contributed by atoms with Crippen molar-refractivity contribution in [2.24, 2.45) is 4.99 Å². The van der Waals surface area contributed by atoms with E-state index in [1.54, 1.807) is 19.2 Å². The van der Waals surface area contributed by atoms with Gasteiger partial charge >= 0.3 is 0 Å². The largest absolute Gasteiger partial charge is 0.361 e. The second-order valence-electron chi connectivity index (χ2n) is 5.71. The molecule has 1 heterocycles. The molecule has 7 heteroatoms. The Labute approximate surface area is 166 Å². The number of hydrogen-bond acceptors (Lipinski definition) is 2. The molecule has 140 valence electrons. The van der Waals surface area contributed by atoms with Crippen LogP contribution in [0.15, 0.2) is 29.4 Å². The van der Waals surface area contributed by atoms with Crippen molar-refractivity contribution in [3.05, 3.63) is 35.8 Å². The van der Waals surface area contributed by atoms with Crippen LogP contribution in [0.25, 0.3) is 10.9 Å². The first-order chi connectivity index (χ1) is 11.7. The van der Waals surface area contributed by atoms with Crippen molar-refractivity contribution in [2.75, 3.05) is 39.8 Å². The zero-order valence-electron chi connectivity index (χ0n) is 15.2. The number of guanidine groups is 1. The summed E-state index contributed by atoms with van der Waals surface area (Å²) in [5.74, 6) is 0.596. The predicted octanol–water partition coefficient (Wildman–Crippen LogP) is 2.97. The lowest BCUT2D eigenvalue weighted by Gasteiger charge is -2.19. The molecule has 1 aromatic carbocycles. The summed E-state index contributed by atoms with van der Waals surface area (Å²) in [5.41, 5.74) is 2.07. The number of likely N-dealkylation sites (N-methyl/N-ethyl adjacent to an activating group) is 1. The summed E-state index contributed by atoms with van der Waals surface area (Å²) >= 11 is 0. The Balaban J connectivity index is 0.00000312. The highest BCUT2D eigenvalue weighted by molar-refractivity contribution is 14.0. The highest BCUT2D eigenvalue weighted by Crippen LogP contribution is 2.19. The maximum Gasteiger partial charge on any atom is 0.191 e. The number of aromatic nitrogens is 1. The second kappa shape index (κ2) is 11.3. The lowest BCUT2D eigenvalue weighted by molar-refractivity contribution is 0.308. The first kappa shape index (κ1) is 21.7. The minimum atomic E-state index is -0.204. The molecule has 2 rings (SSSR count). The zero-order chi connectivity index (χ0) is 17.4. The van der Waals surface area contributed by atoms with Gasteiger partial charge in [0.15, 0.2) is 5.96 Å². The van der Waals surface area contributed by atoms with Gasteiger partial charge in [-0.1, -0.05) is 13.8 Å². The van der Waals surface area contributed by atoms with E-state index in [0.717, 1.165) is 61.6 Å². The van der Waals surface area contributed by atoms with Crippen molar-refractivity contribution in [3.8, 4) is 0 Å². The fourth-order valence-electron chi connectivity index (χ4n) is 2.77. The fourth-order valence-corrected chi connectivity index (χ4v) is 2.77. The quantitative estimate of drug-likeness (QED) is 0.322. The van der Waals surface area contributed by atoms with Crippen molar-refractivity contribution in [1.82, 2.24) is 20.5 Å². The van der Waals surface area contributed by atoms with E-state index in [9.17, 15) is 4.39 Å². The molecule has 3 N–H and O–H groups in total. The van der Waals surface area contributed by atoms with Crippen LogP contribution in [-0.2, 0) is 6.42 Å². The monoisotopic (exact) mass is 461 g/mol. The summed E-state index contributed by atoms with van der Waals surface area (Å²) in [6, 6.07) is 4.83. The van der Waals surface area contributed by atoms with E-state index in [4.69, 9.17) is 0 Å². The van der Waals surface area contributed by atoms with Crippen molar-refractivity contribution in [2.45, 2.75) is 20.3 Å². The van der Waals surface area contributed by atoms with Crippen molar-refractivity contribution >= 4 is 40.8 Å². The zero-order valence-corrected chi connectivity index (χ0v) is 17.6. The van der Waals surface area contributed by atoms with E-state index in [1.807, 2.05) is 6.20 Å². The third-order valence-electron chi connectivity index (χ3n) is 4.25. The summed E-state index contributed by atoms with van der Waals surface area (Å²) in [5, 5.41) is 7.58. The third kappa shape index (κ3) is 6.47. The van der Waals surface area contributed by atoms with Crippen LogP contribution in [0.3, 0.4) is 0 Å². The van der Waals surface area contributed by atoms with E-state index in [0.29, 0.717) is 0 Å². The van der Waals surface area contributed by atoms with Gasteiger partial charge in [0, 0.05) is 43.8 Å². The first-order valence-electron chi connectivity index (χ1n) is 8.60. The van der Waals surface area contributed by atoms with Gasteiger partial charge in [-0.15, -0.1) is 24.0 Å². The van der Waals surface area contributed by atoms with Crippen LogP contribution in [0.4, 0.5) is 4.39 Å². The Morgan fingerprint density at radius 3 is 2.60 bits per heavy atom. The molecule has 1 aromatic heterocycles. The molecule has 0 amide bonds. The van der Waals surface area contributed by atoms with Gasteiger partial charge in [-0.2, -0.15) is 0 Å². The molecule has 2 aromatic rings. The summed E-state index contributed by atoms with van der Waals surface area (Å²) in [6.07, 6.45) is 2.75. The minimum absolute atomic E-state index is 0. The van der Waals surface area contributed by atoms with Gasteiger partial charge in [0.1, 0.15) is 5.82 Å². The molecule has 0 bridgehead atoms. The Hall–Kier alpha value is -1.35. The number of H-pyrrole nitrogens is 1. The number of nitrogens with zero attached hydrogens (tertiary/aromatic N) is 2. The Morgan fingerprint density at radius 1 is 1.20 bits per heavy atom. The van der Waals surface area contributed by atoms with E-state index in [1.165, 1.54) is 6.07 Å². The topological polar surface area (TPSA) is 55.4 Å². The molecule has 0 atom stereocenters. The fraction of sp³-hybridized carbons (Fsp3) is 0.500. The van der Waals surface area contributed by atoms with Crippen molar-refractivity contribution in [3.63, 3.8) is 0 Å². The molecule has 0 aliphatic carbocycles. The molecule has 0 unspecified atom stereocenters. The van der Waals surface area contributed by atoms with E-state index in [2.05, 4.69) is 39.4 Å². The number of halogens is 2. The maximum atomic E-state index is 13.4. The van der Waals surface area contributed by atoms with Crippen LogP contribution < -0.4 is 10.6 Å². The van der Waals surface area contributed by atoms with Gasteiger partial charge in [0.2, 0.25) is 0 Å². The molecule has 25 heavy (non-hydrogen) atoms. The number of aromatic amines is 1. The summed E-state index contributed by atoms with van der Waals surface area (Å²) in [6.45, 7) is 9.05. The smallest absolute Gasteiger partial charge is 0.191 e. The minimum Gasteiger partial charge on any atom is -0.361 e. The Bertz CT molecular complexity index is 667. The molecule has 0 aliphatic heterocycles. The average Bonchev–Trinajstić information content (AvgIpc) is 2.99. The van der Waals surface area contributed by atoms with Gasteiger partial charge in [-0.25, -0.2) is 4.39 Å². The highest BCUT2D eigenvalue weighted by atomic mass is 127. The number of fused-ring (bicyclic) bond motifs is 1. The lowest BCUT2D eigenvalue weighted by Crippen LogP contribution is -2.42. The number of hydrogen-bond donors (Lipinski definition) is 3. The van der Waals surface area contributed by atoms with Crippen molar-refractivity contribution in [1.29, 1.82) is 0 Å². The number of rotatable bonds is 8. The number of nitrogens with one attached hydrogen (secondary N) is 3. The van der Waals surface area contributed by atoms with E-state index >= 15 is 0 Å². The molecule has 0 saturated heterocycles. The van der Waals surface area contributed by atoms with E-state index < -0.39 is 0 Å². The molecule has 0 radical (unpaired) electrons. The van der Waals surface area contributed by atoms with Crippen molar-refractivity contribution < 1.29 is 4.39 Å². The standard InChI is InChI=1S/C18H28FN5.HI/c1-4-24(5-2)11-10-22-18(20-3)21-9-8-14-13-23-17-7-6-15(19)12-16(14)17;/h6-7,12-13,23H,4-5,8-11H2,1-3H3,(H2,20,21,22);1H. The van der Waals surface area contributed by atoms with Gasteiger partial charge in [0.25, 0.3) is 0 Å². The molecule has 0 fully saturated rings. The molecule has 0 saturated carbocycles. The first-order valence-corrected chi connectivity index (χ1v) is 8.60. The normalized spacial score (nSPS) is 11.6. The van der Waals surface area contributed by atoms with Gasteiger partial charge in [0.05, 0.1) is 0 Å². The molecule has 0 spiro atoms. The van der Waals surface area contributed by atoms with Crippen LogP contribution in [0, 0.1) is 5.82 Å². The van der Waals surface area contributed by atoms with Crippen LogP contribution in [0.5, 0.6) is 0 Å². The van der Waals surface area contributed by atoms with Gasteiger partial charge in [-0.05, 0) is 43.3 Å². The summed E-state index contributed by atoms with van der Waals surface area (Å²) < 4.78 is 13.4. The van der Waals surface area contributed by atoms with Gasteiger partial charge in [-0.3, -0.25) is 4.99 Å². The molecular formula is C18H29FIN5. The number of benzene rings is 1. The van der Waals surface area contributed by atoms with Gasteiger partial charge < -0.3 is 20.5 Å². The summed E-state index contributed by atoms with van der Waals surface area (Å²) in [7, 11) is 1.77. The van der Waals surface area contributed by atoms with Crippen LogP contribution >= 0.6 is 24.0 Å². The highest BCUT2D eigenvalue weighted by Gasteiger charge is 2.05. The van der Waals surface area contributed by atoms with Crippen LogP contribution in [0.1, 0.15) is 19.4 Å². The third-order valence-corrected chi connectivity index (χ3v) is 4.25. The van der Waals surface area contributed by atoms with E-state index in [-0.39, 0.29) is 29.8 Å². The Kier molecular flexibility index (Phi) is 9.81. The molecule has 5 nitrogen and oxygen atoms in total. The average molecular weight is 461 g/mol. The maximum absolute atomic E-state index is 13.4. The number of aliphatic imine (C=N–C) groups is 1. The Morgan fingerprint density at radius 2 is 1.92 bits per heavy atom.